The summed E-state index contributed by atoms with van der Waals surface area (Å²) in [6.07, 6.45) is 6.10. The number of nitrogens with zero attached hydrogens (tertiary/aromatic N) is 1. The van der Waals surface area contributed by atoms with Crippen LogP contribution in [0.25, 0.3) is 10.6 Å². The molecule has 144 valence electrons. The minimum atomic E-state index is -0.160. The molecule has 5 nitrogen and oxygen atoms in total. The molecule has 0 atom stereocenters. The lowest BCUT2D eigenvalue weighted by Gasteiger charge is -2.22. The SMILES string of the molecule is Cc1nc(-c2cccc(C(=O)NCCC(=O)NC3CCCCC3)c2)sc1C. The van der Waals surface area contributed by atoms with Gasteiger partial charge in [-0.25, -0.2) is 4.98 Å². The molecule has 27 heavy (non-hydrogen) atoms. The number of carbonyl (C=O) groups excluding carboxylic acids is 2. The molecular weight excluding hydrogens is 358 g/mol. The van der Waals surface area contributed by atoms with E-state index in [-0.39, 0.29) is 11.8 Å². The highest BCUT2D eigenvalue weighted by atomic mass is 32.1. The average molecular weight is 386 g/mol. The highest BCUT2D eigenvalue weighted by molar-refractivity contribution is 7.15. The van der Waals surface area contributed by atoms with Gasteiger partial charge in [-0.05, 0) is 38.8 Å². The van der Waals surface area contributed by atoms with E-state index >= 15 is 0 Å². The predicted molar refractivity (Wildman–Crippen MR) is 109 cm³/mol. The van der Waals surface area contributed by atoms with E-state index in [0.717, 1.165) is 29.1 Å². The molecule has 0 radical (unpaired) electrons. The largest absolute Gasteiger partial charge is 0.353 e. The van der Waals surface area contributed by atoms with Crippen molar-refractivity contribution in [3.05, 3.63) is 40.4 Å². The van der Waals surface area contributed by atoms with Gasteiger partial charge >= 0.3 is 0 Å². The molecule has 0 aliphatic heterocycles. The molecule has 6 heteroatoms. The van der Waals surface area contributed by atoms with Crippen molar-refractivity contribution in [2.75, 3.05) is 6.54 Å². The number of hydrogen-bond donors (Lipinski definition) is 2. The predicted octanol–water partition coefficient (Wildman–Crippen LogP) is 4.00. The molecule has 0 bridgehead atoms. The lowest BCUT2D eigenvalue weighted by Crippen LogP contribution is -2.38. The van der Waals surface area contributed by atoms with Gasteiger partial charge in [-0.3, -0.25) is 9.59 Å². The molecule has 1 heterocycles. The zero-order chi connectivity index (χ0) is 19.2. The van der Waals surface area contributed by atoms with Crippen molar-refractivity contribution in [3.63, 3.8) is 0 Å². The van der Waals surface area contributed by atoms with Gasteiger partial charge in [0.1, 0.15) is 5.01 Å². The number of hydrogen-bond acceptors (Lipinski definition) is 4. The number of carbonyl (C=O) groups is 2. The smallest absolute Gasteiger partial charge is 0.251 e. The Balaban J connectivity index is 1.50. The monoisotopic (exact) mass is 385 g/mol. The van der Waals surface area contributed by atoms with E-state index in [1.54, 1.807) is 17.4 Å². The molecule has 1 aromatic carbocycles. The molecule has 1 saturated carbocycles. The Morgan fingerprint density at radius 3 is 2.67 bits per heavy atom. The van der Waals surface area contributed by atoms with E-state index in [0.29, 0.717) is 24.6 Å². The Morgan fingerprint density at radius 1 is 1.19 bits per heavy atom. The van der Waals surface area contributed by atoms with Crippen LogP contribution in [0.5, 0.6) is 0 Å². The van der Waals surface area contributed by atoms with E-state index in [2.05, 4.69) is 15.6 Å². The standard InChI is InChI=1S/C21H27N3O2S/c1-14-15(2)27-21(23-14)17-8-6-7-16(13-17)20(26)22-12-11-19(25)24-18-9-4-3-5-10-18/h6-8,13,18H,3-5,9-12H2,1-2H3,(H,22,26)(H,24,25). The van der Waals surface area contributed by atoms with Crippen LogP contribution in [0.3, 0.4) is 0 Å². The fraction of sp³-hybridized carbons (Fsp3) is 0.476. The van der Waals surface area contributed by atoms with Crippen LogP contribution in [0.2, 0.25) is 0 Å². The second-order valence-electron chi connectivity index (χ2n) is 7.15. The van der Waals surface area contributed by atoms with Crippen LogP contribution in [0.4, 0.5) is 0 Å². The molecule has 0 saturated heterocycles. The quantitative estimate of drug-likeness (QED) is 0.790. The Bertz CT molecular complexity index is 790. The second-order valence-corrected chi connectivity index (χ2v) is 8.35. The molecule has 3 rings (SSSR count). The molecular formula is C21H27N3O2S. The number of rotatable bonds is 6. The first kappa shape index (κ1) is 19.5. The molecule has 2 amide bonds. The van der Waals surface area contributed by atoms with Gasteiger partial charge in [0.2, 0.25) is 5.91 Å². The third-order valence-electron chi connectivity index (χ3n) is 5.01. The molecule has 1 aliphatic carbocycles. The van der Waals surface area contributed by atoms with Crippen molar-refractivity contribution in [2.24, 2.45) is 0 Å². The lowest BCUT2D eigenvalue weighted by molar-refractivity contribution is -0.121. The second kappa shape index (κ2) is 9.13. The zero-order valence-electron chi connectivity index (χ0n) is 16.0. The van der Waals surface area contributed by atoms with Gasteiger partial charge in [-0.2, -0.15) is 0 Å². The van der Waals surface area contributed by atoms with E-state index < -0.39 is 0 Å². The number of benzene rings is 1. The Kier molecular flexibility index (Phi) is 6.61. The van der Waals surface area contributed by atoms with Crippen LogP contribution < -0.4 is 10.6 Å². The number of aryl methyl sites for hydroxylation is 2. The van der Waals surface area contributed by atoms with Gasteiger partial charge in [-0.1, -0.05) is 31.4 Å². The van der Waals surface area contributed by atoms with Crippen molar-refractivity contribution in [2.45, 2.75) is 58.4 Å². The summed E-state index contributed by atoms with van der Waals surface area (Å²) >= 11 is 1.63. The third-order valence-corrected chi connectivity index (χ3v) is 6.13. The number of nitrogens with one attached hydrogen (secondary N) is 2. The first-order chi connectivity index (χ1) is 13.0. The maximum Gasteiger partial charge on any atom is 0.251 e. The van der Waals surface area contributed by atoms with Gasteiger partial charge in [0.05, 0.1) is 5.69 Å². The molecule has 0 unspecified atom stereocenters. The van der Waals surface area contributed by atoms with Crippen molar-refractivity contribution >= 4 is 23.2 Å². The highest BCUT2D eigenvalue weighted by Gasteiger charge is 2.16. The zero-order valence-corrected chi connectivity index (χ0v) is 16.8. The Labute approximate surface area is 164 Å². The minimum Gasteiger partial charge on any atom is -0.353 e. The first-order valence-electron chi connectivity index (χ1n) is 9.65. The summed E-state index contributed by atoms with van der Waals surface area (Å²) in [4.78, 5) is 30.2. The molecule has 1 fully saturated rings. The van der Waals surface area contributed by atoms with Gasteiger partial charge < -0.3 is 10.6 Å². The van der Waals surface area contributed by atoms with Crippen LogP contribution in [-0.2, 0) is 4.79 Å². The lowest BCUT2D eigenvalue weighted by atomic mass is 9.95. The Hall–Kier alpha value is -2.21. The average Bonchev–Trinajstić information content (AvgIpc) is 3.01. The Morgan fingerprint density at radius 2 is 1.96 bits per heavy atom. The van der Waals surface area contributed by atoms with E-state index in [1.165, 1.54) is 24.1 Å². The van der Waals surface area contributed by atoms with E-state index in [9.17, 15) is 9.59 Å². The van der Waals surface area contributed by atoms with Crippen molar-refractivity contribution in [1.82, 2.24) is 15.6 Å². The maximum atomic E-state index is 12.4. The van der Waals surface area contributed by atoms with E-state index in [1.807, 2.05) is 32.0 Å². The number of aromatic nitrogens is 1. The van der Waals surface area contributed by atoms with Crippen molar-refractivity contribution < 1.29 is 9.59 Å². The summed E-state index contributed by atoms with van der Waals surface area (Å²) < 4.78 is 0. The van der Waals surface area contributed by atoms with E-state index in [4.69, 9.17) is 0 Å². The van der Waals surface area contributed by atoms with Crippen LogP contribution in [-0.4, -0.2) is 29.4 Å². The number of amides is 2. The van der Waals surface area contributed by atoms with Gasteiger partial charge in [0.15, 0.2) is 0 Å². The molecule has 2 N–H and O–H groups in total. The fourth-order valence-corrected chi connectivity index (χ4v) is 4.24. The van der Waals surface area contributed by atoms with Crippen LogP contribution in [0.15, 0.2) is 24.3 Å². The maximum absolute atomic E-state index is 12.4. The molecule has 1 aliphatic rings. The van der Waals surface area contributed by atoms with Crippen LogP contribution in [0, 0.1) is 13.8 Å². The van der Waals surface area contributed by atoms with Crippen molar-refractivity contribution in [1.29, 1.82) is 0 Å². The summed E-state index contributed by atoms with van der Waals surface area (Å²) in [6, 6.07) is 7.78. The minimum absolute atomic E-state index is 0.0182. The summed E-state index contributed by atoms with van der Waals surface area (Å²) in [5.74, 6) is -0.142. The van der Waals surface area contributed by atoms with Gasteiger partial charge in [-0.15, -0.1) is 11.3 Å². The fourth-order valence-electron chi connectivity index (χ4n) is 3.33. The summed E-state index contributed by atoms with van der Waals surface area (Å²) in [5.41, 5.74) is 2.55. The summed E-state index contributed by atoms with van der Waals surface area (Å²) in [7, 11) is 0. The van der Waals surface area contributed by atoms with Gasteiger partial charge in [0, 0.05) is 35.0 Å². The summed E-state index contributed by atoms with van der Waals surface area (Å²) in [5, 5.41) is 6.84. The van der Waals surface area contributed by atoms with Crippen LogP contribution in [0.1, 0.15) is 59.5 Å². The number of thiazole rings is 1. The topological polar surface area (TPSA) is 71.1 Å². The normalized spacial score (nSPS) is 14.7. The first-order valence-corrected chi connectivity index (χ1v) is 10.5. The summed E-state index contributed by atoms with van der Waals surface area (Å²) in [6.45, 7) is 4.38. The van der Waals surface area contributed by atoms with Crippen molar-refractivity contribution in [3.8, 4) is 10.6 Å². The van der Waals surface area contributed by atoms with Crippen LogP contribution >= 0.6 is 11.3 Å². The third kappa shape index (κ3) is 5.39. The molecule has 2 aromatic rings. The molecule has 1 aromatic heterocycles. The van der Waals surface area contributed by atoms with Gasteiger partial charge in [0.25, 0.3) is 5.91 Å². The molecule has 0 spiro atoms. The highest BCUT2D eigenvalue weighted by Crippen LogP contribution is 2.27.